The van der Waals surface area contributed by atoms with E-state index in [1.54, 1.807) is 7.98 Å². The Morgan fingerprint density at radius 3 is 2.46 bits per heavy atom. The highest BCUT2D eigenvalue weighted by atomic mass is 16.5. The number of likely N-dealkylation sites (tertiary alicyclic amines) is 1. The lowest BCUT2D eigenvalue weighted by Crippen LogP contribution is -2.37. The lowest BCUT2D eigenvalue weighted by Gasteiger charge is -2.20. The molecule has 0 aromatic rings. The molecule has 0 radical (unpaired) electrons. The first kappa shape index (κ1) is 22.3. The van der Waals surface area contributed by atoms with Gasteiger partial charge < -0.3 is 14.3 Å². The summed E-state index contributed by atoms with van der Waals surface area (Å²) in [6.45, 7) is 6.93. The molecule has 1 aliphatic rings. The molecule has 1 aliphatic heterocycles. The van der Waals surface area contributed by atoms with Crippen molar-refractivity contribution in [2.75, 3.05) is 39.5 Å². The third-order valence-electron chi connectivity index (χ3n) is 4.31. The molecule has 0 aliphatic carbocycles. The molecule has 1 saturated heterocycles. The van der Waals surface area contributed by atoms with Gasteiger partial charge in [-0.05, 0) is 12.8 Å². The fraction of sp³-hybridized carbons (Fsp3) is 0.765. The maximum absolute atomic E-state index is 12.2. The van der Waals surface area contributed by atoms with Gasteiger partial charge in [0.1, 0.15) is 6.61 Å². The van der Waals surface area contributed by atoms with Gasteiger partial charge in [0.25, 0.3) is 0 Å². The number of ether oxygens (including phenoxy) is 2. The van der Waals surface area contributed by atoms with Crippen LogP contribution in [0, 0.1) is 11.8 Å². The Balaban J connectivity index is 2.21. The maximum Gasteiger partial charge on any atom is 0.233 e. The third kappa shape index (κ3) is 7.25. The van der Waals surface area contributed by atoms with Crippen molar-refractivity contribution >= 4 is 31.5 Å². The average Bonchev–Trinajstić information content (AvgIpc) is 2.85. The molecule has 0 saturated carbocycles. The summed E-state index contributed by atoms with van der Waals surface area (Å²) >= 11 is 0. The molecule has 1 atom stereocenters. The molecule has 0 aromatic carbocycles. The number of hydrogen-bond donors (Lipinski definition) is 0. The summed E-state index contributed by atoms with van der Waals surface area (Å²) in [4.78, 5) is 49.7. The van der Waals surface area contributed by atoms with Crippen molar-refractivity contribution < 1.29 is 28.7 Å². The molecule has 0 spiro atoms. The van der Waals surface area contributed by atoms with Crippen LogP contribution in [0.25, 0.3) is 0 Å². The molecule has 0 aromatic heterocycles. The first-order chi connectivity index (χ1) is 12.2. The second kappa shape index (κ2) is 11.1. The van der Waals surface area contributed by atoms with Crippen molar-refractivity contribution in [3.63, 3.8) is 0 Å². The number of hydrogen-bond acceptors (Lipinski definition) is 6. The molecule has 1 rings (SSSR count). The van der Waals surface area contributed by atoms with Crippen LogP contribution in [-0.4, -0.2) is 80.7 Å². The van der Waals surface area contributed by atoms with Crippen LogP contribution in [0.15, 0.2) is 0 Å². The van der Waals surface area contributed by atoms with E-state index in [0.717, 1.165) is 0 Å². The molecular weight excluding hydrogens is 339 g/mol. The van der Waals surface area contributed by atoms with E-state index < -0.39 is 0 Å². The number of carbonyl (C=O) groups is 4. The normalized spacial score (nSPS) is 17.2. The summed E-state index contributed by atoms with van der Waals surface area (Å²) in [6.07, 6.45) is 0.348. The minimum atomic E-state index is -0.269. The van der Waals surface area contributed by atoms with Crippen molar-refractivity contribution in [1.82, 2.24) is 9.71 Å². The van der Waals surface area contributed by atoms with Gasteiger partial charge in [-0.15, -0.1) is 0 Å². The van der Waals surface area contributed by atoms with E-state index in [-0.39, 0.29) is 61.3 Å². The fourth-order valence-corrected chi connectivity index (χ4v) is 2.62. The number of nitrogens with zero attached hydrogens (tertiary/aromatic N) is 2. The predicted octanol–water partition coefficient (Wildman–Crippen LogP) is -0.593. The standard InChI is InChI=1S/C17H29BN2O6/c1-12(2)14-10-16(23)19(17(14)24)5-4-15(22)20(18)6-7-25-8-9-26-11-13(3)21/h12,14H,4-11,18H2,1-3H3. The summed E-state index contributed by atoms with van der Waals surface area (Å²) in [5.41, 5.74) is 0. The SMILES string of the molecule is BN(CCOCCOCC(C)=O)C(=O)CCN1C(=O)CC(C(C)C)C1=O. The van der Waals surface area contributed by atoms with Gasteiger partial charge in [0.2, 0.25) is 25.7 Å². The Morgan fingerprint density at radius 1 is 1.23 bits per heavy atom. The lowest BCUT2D eigenvalue weighted by atomic mass is 9.94. The Hall–Kier alpha value is -1.74. The highest BCUT2D eigenvalue weighted by Crippen LogP contribution is 2.26. The monoisotopic (exact) mass is 368 g/mol. The minimum absolute atomic E-state index is 0.0370. The van der Waals surface area contributed by atoms with Gasteiger partial charge in [0.05, 0.1) is 19.8 Å². The van der Waals surface area contributed by atoms with Gasteiger partial charge in [-0.1, -0.05) is 13.8 Å². The second-order valence-corrected chi connectivity index (χ2v) is 6.87. The van der Waals surface area contributed by atoms with Crippen molar-refractivity contribution in [3.05, 3.63) is 0 Å². The van der Waals surface area contributed by atoms with E-state index in [2.05, 4.69) is 0 Å². The lowest BCUT2D eigenvalue weighted by molar-refractivity contribution is -0.140. The van der Waals surface area contributed by atoms with E-state index in [1.807, 2.05) is 13.8 Å². The Bertz CT molecular complexity index is 525. The highest BCUT2D eigenvalue weighted by Gasteiger charge is 2.39. The van der Waals surface area contributed by atoms with Crippen molar-refractivity contribution in [2.24, 2.45) is 11.8 Å². The van der Waals surface area contributed by atoms with E-state index in [0.29, 0.717) is 26.4 Å². The molecule has 26 heavy (non-hydrogen) atoms. The summed E-state index contributed by atoms with van der Waals surface area (Å²) < 4.78 is 10.4. The molecule has 146 valence electrons. The zero-order valence-electron chi connectivity index (χ0n) is 16.2. The number of Topliss-reactive ketones (excluding diaryl/α,β-unsaturated/α-hetero) is 1. The van der Waals surface area contributed by atoms with Gasteiger partial charge >= 0.3 is 0 Å². The van der Waals surface area contributed by atoms with Gasteiger partial charge in [0, 0.05) is 31.8 Å². The molecular formula is C17H29BN2O6. The molecule has 3 amide bonds. The molecule has 1 heterocycles. The van der Waals surface area contributed by atoms with Gasteiger partial charge in [0.15, 0.2) is 5.78 Å². The van der Waals surface area contributed by atoms with Gasteiger partial charge in [-0.25, -0.2) is 0 Å². The second-order valence-electron chi connectivity index (χ2n) is 6.87. The number of imide groups is 1. The zero-order valence-corrected chi connectivity index (χ0v) is 16.2. The summed E-state index contributed by atoms with van der Waals surface area (Å²) in [7, 11) is 1.66. The minimum Gasteiger partial charge on any atom is -0.391 e. The number of rotatable bonds is 12. The van der Waals surface area contributed by atoms with Crippen molar-refractivity contribution in [1.29, 1.82) is 0 Å². The smallest absolute Gasteiger partial charge is 0.233 e. The van der Waals surface area contributed by atoms with Crippen LogP contribution in [0.3, 0.4) is 0 Å². The predicted molar refractivity (Wildman–Crippen MR) is 96.9 cm³/mol. The molecule has 0 bridgehead atoms. The van der Waals surface area contributed by atoms with Crippen LogP contribution in [0.2, 0.25) is 0 Å². The van der Waals surface area contributed by atoms with E-state index in [1.165, 1.54) is 16.6 Å². The fourth-order valence-electron chi connectivity index (χ4n) is 2.62. The molecule has 1 unspecified atom stereocenters. The van der Waals surface area contributed by atoms with Gasteiger partial charge in [-0.2, -0.15) is 0 Å². The Morgan fingerprint density at radius 2 is 1.88 bits per heavy atom. The molecule has 1 fully saturated rings. The van der Waals surface area contributed by atoms with Crippen LogP contribution in [-0.2, 0) is 28.7 Å². The maximum atomic E-state index is 12.2. The van der Waals surface area contributed by atoms with Crippen LogP contribution >= 0.6 is 0 Å². The summed E-state index contributed by atoms with van der Waals surface area (Å²) in [5, 5.41) is 0. The topological polar surface area (TPSA) is 93.2 Å². The summed E-state index contributed by atoms with van der Waals surface area (Å²) in [6, 6.07) is 0. The van der Waals surface area contributed by atoms with Crippen LogP contribution < -0.4 is 0 Å². The average molecular weight is 368 g/mol. The first-order valence-electron chi connectivity index (χ1n) is 8.97. The number of ketones is 1. The molecule has 9 heteroatoms. The zero-order chi connectivity index (χ0) is 19.7. The Labute approximate surface area is 155 Å². The third-order valence-corrected chi connectivity index (χ3v) is 4.31. The molecule has 8 nitrogen and oxygen atoms in total. The van der Waals surface area contributed by atoms with Crippen molar-refractivity contribution in [2.45, 2.75) is 33.6 Å². The summed E-state index contributed by atoms with van der Waals surface area (Å²) in [5.74, 6) is -0.701. The van der Waals surface area contributed by atoms with E-state index in [4.69, 9.17) is 9.47 Å². The molecule has 0 N–H and O–H groups in total. The number of carbonyl (C=O) groups excluding carboxylic acids is 4. The van der Waals surface area contributed by atoms with Gasteiger partial charge in [-0.3, -0.25) is 24.1 Å². The number of amides is 3. The Kier molecular flexibility index (Phi) is 9.50. The largest absolute Gasteiger partial charge is 0.391 e. The van der Waals surface area contributed by atoms with Crippen LogP contribution in [0.4, 0.5) is 0 Å². The van der Waals surface area contributed by atoms with E-state index >= 15 is 0 Å². The first-order valence-corrected chi connectivity index (χ1v) is 8.97. The van der Waals surface area contributed by atoms with E-state index in [9.17, 15) is 19.2 Å². The van der Waals surface area contributed by atoms with Crippen LogP contribution in [0.5, 0.6) is 0 Å². The quantitative estimate of drug-likeness (QED) is 0.260. The van der Waals surface area contributed by atoms with Crippen LogP contribution in [0.1, 0.15) is 33.6 Å². The van der Waals surface area contributed by atoms with Crippen molar-refractivity contribution in [3.8, 4) is 0 Å². The highest BCUT2D eigenvalue weighted by molar-refractivity contribution is 6.14.